The highest BCUT2D eigenvalue weighted by Crippen LogP contribution is 2.37. The molecule has 0 radical (unpaired) electrons. The average Bonchev–Trinajstić information content (AvgIpc) is 3.28. The molecule has 2 heterocycles. The number of nitrogens with one attached hydrogen (secondary N) is 2. The summed E-state index contributed by atoms with van der Waals surface area (Å²) in [7, 11) is 0. The molecule has 0 spiro atoms. The quantitative estimate of drug-likeness (QED) is 0.608. The van der Waals surface area contributed by atoms with Crippen LogP contribution in [0.5, 0.6) is 0 Å². The molecule has 4 nitrogen and oxygen atoms in total. The lowest BCUT2D eigenvalue weighted by molar-refractivity contribution is -0.125. The number of rotatable bonds is 5. The monoisotopic (exact) mass is 383 g/mol. The van der Waals surface area contributed by atoms with Crippen molar-refractivity contribution in [2.75, 3.05) is 0 Å². The van der Waals surface area contributed by atoms with Crippen LogP contribution in [-0.2, 0) is 11.2 Å². The van der Waals surface area contributed by atoms with Crippen molar-refractivity contribution in [1.82, 2.24) is 14.9 Å². The van der Waals surface area contributed by atoms with E-state index in [1.54, 1.807) is 0 Å². The number of benzene rings is 1. The first-order valence-electron chi connectivity index (χ1n) is 9.76. The fourth-order valence-electron chi connectivity index (χ4n) is 4.23. The van der Waals surface area contributed by atoms with Crippen LogP contribution in [0.2, 0.25) is 5.02 Å². The number of nitrogens with zero attached hydrogens (tertiary/aromatic N) is 1. The topological polar surface area (TPSA) is 49.8 Å². The number of halogens is 1. The molecular formula is C22H26ClN3O. The summed E-state index contributed by atoms with van der Waals surface area (Å²) < 4.78 is 2.02. The smallest absolute Gasteiger partial charge is 0.243 e. The van der Waals surface area contributed by atoms with Gasteiger partial charge in [0.25, 0.3) is 0 Å². The van der Waals surface area contributed by atoms with Gasteiger partial charge >= 0.3 is 0 Å². The van der Waals surface area contributed by atoms with E-state index < -0.39 is 0 Å². The second-order valence-corrected chi connectivity index (χ2v) is 8.32. The van der Waals surface area contributed by atoms with E-state index >= 15 is 0 Å². The van der Waals surface area contributed by atoms with Crippen LogP contribution in [0.15, 0.2) is 42.7 Å². The first-order valence-corrected chi connectivity index (χ1v) is 10.1. The van der Waals surface area contributed by atoms with Gasteiger partial charge in [0.1, 0.15) is 6.04 Å². The normalized spacial score (nSPS) is 17.9. The van der Waals surface area contributed by atoms with Crippen molar-refractivity contribution in [2.45, 2.75) is 51.6 Å². The Labute approximate surface area is 164 Å². The maximum Gasteiger partial charge on any atom is 0.243 e. The van der Waals surface area contributed by atoms with E-state index in [4.69, 9.17) is 11.6 Å². The van der Waals surface area contributed by atoms with Gasteiger partial charge in [0.15, 0.2) is 0 Å². The molecule has 0 saturated carbocycles. The number of amides is 1. The second kappa shape index (κ2) is 7.43. The van der Waals surface area contributed by atoms with E-state index in [0.717, 1.165) is 41.9 Å². The predicted octanol–water partition coefficient (Wildman–Crippen LogP) is 5.40. The fraction of sp³-hybridized carbons (Fsp3) is 0.409. The number of hydrogen-bond acceptors (Lipinski definition) is 1. The highest BCUT2D eigenvalue weighted by atomic mass is 35.5. The summed E-state index contributed by atoms with van der Waals surface area (Å²) in [5.74, 6) is 0.527. The van der Waals surface area contributed by atoms with Crippen LogP contribution in [0, 0.1) is 5.92 Å². The van der Waals surface area contributed by atoms with Gasteiger partial charge in [-0.1, -0.05) is 37.6 Å². The van der Waals surface area contributed by atoms with E-state index in [0.29, 0.717) is 5.92 Å². The third-order valence-corrected chi connectivity index (χ3v) is 5.81. The van der Waals surface area contributed by atoms with Gasteiger partial charge in [-0.25, -0.2) is 0 Å². The zero-order valence-electron chi connectivity index (χ0n) is 15.8. The Morgan fingerprint density at radius 2 is 2.07 bits per heavy atom. The van der Waals surface area contributed by atoms with Crippen LogP contribution in [0.1, 0.15) is 56.5 Å². The van der Waals surface area contributed by atoms with Crippen LogP contribution in [0.3, 0.4) is 0 Å². The average molecular weight is 384 g/mol. The SMILES string of the molecule is CC(C)C[C@H](C(=O)N[C@H]1CCCc2c1[nH]c1c(Cl)cccc21)n1cccc1. The molecule has 142 valence electrons. The molecule has 0 aliphatic heterocycles. The lowest BCUT2D eigenvalue weighted by Gasteiger charge is -2.27. The van der Waals surface area contributed by atoms with Gasteiger partial charge in [0, 0.05) is 23.5 Å². The minimum Gasteiger partial charge on any atom is -0.355 e. The molecule has 1 aliphatic rings. The van der Waals surface area contributed by atoms with Gasteiger partial charge in [-0.2, -0.15) is 0 Å². The number of H-pyrrole nitrogens is 1. The molecule has 27 heavy (non-hydrogen) atoms. The summed E-state index contributed by atoms with van der Waals surface area (Å²) in [5, 5.41) is 5.23. The number of carbonyl (C=O) groups excluding carboxylic acids is 1. The van der Waals surface area contributed by atoms with Crippen LogP contribution >= 0.6 is 11.6 Å². The molecule has 5 heteroatoms. The van der Waals surface area contributed by atoms with E-state index in [1.165, 1.54) is 10.9 Å². The summed E-state index contributed by atoms with van der Waals surface area (Å²) in [4.78, 5) is 16.7. The standard InChI is InChI=1S/C22H26ClN3O/c1-14(2)13-19(26-11-3-4-12-26)22(27)24-18-10-6-8-16-15-7-5-9-17(23)20(15)25-21(16)18/h3-5,7,9,11-12,14,18-19,25H,6,8,10,13H2,1-2H3,(H,24,27)/t18-,19+/m0/s1. The number of hydrogen-bond donors (Lipinski definition) is 2. The lowest BCUT2D eigenvalue weighted by Crippen LogP contribution is -2.37. The lowest BCUT2D eigenvalue weighted by atomic mass is 9.91. The van der Waals surface area contributed by atoms with Crippen molar-refractivity contribution in [1.29, 1.82) is 0 Å². The van der Waals surface area contributed by atoms with Crippen LogP contribution in [-0.4, -0.2) is 15.5 Å². The number of para-hydroxylation sites is 1. The van der Waals surface area contributed by atoms with E-state index in [-0.39, 0.29) is 18.0 Å². The number of fused-ring (bicyclic) bond motifs is 3. The molecule has 0 saturated heterocycles. The minimum atomic E-state index is -0.182. The van der Waals surface area contributed by atoms with Gasteiger partial charge in [0.2, 0.25) is 5.91 Å². The van der Waals surface area contributed by atoms with Crippen molar-refractivity contribution in [3.63, 3.8) is 0 Å². The summed E-state index contributed by atoms with van der Waals surface area (Å²) in [6.07, 6.45) is 7.80. The van der Waals surface area contributed by atoms with Gasteiger partial charge < -0.3 is 14.9 Å². The van der Waals surface area contributed by atoms with Crippen molar-refractivity contribution in [3.8, 4) is 0 Å². The molecule has 0 fully saturated rings. The van der Waals surface area contributed by atoms with Gasteiger partial charge in [-0.3, -0.25) is 4.79 Å². The zero-order chi connectivity index (χ0) is 19.0. The Bertz CT molecular complexity index is 942. The van der Waals surface area contributed by atoms with Gasteiger partial charge in [0.05, 0.1) is 16.6 Å². The summed E-state index contributed by atoms with van der Waals surface area (Å²) in [6.45, 7) is 4.31. The Balaban J connectivity index is 1.62. The molecule has 2 aromatic heterocycles. The third-order valence-electron chi connectivity index (χ3n) is 5.49. The molecule has 0 bridgehead atoms. The van der Waals surface area contributed by atoms with Crippen LogP contribution in [0.25, 0.3) is 10.9 Å². The van der Waals surface area contributed by atoms with E-state index in [2.05, 4.69) is 30.2 Å². The molecule has 1 aromatic carbocycles. The first-order chi connectivity index (χ1) is 13.0. The number of carbonyl (C=O) groups is 1. The van der Waals surface area contributed by atoms with Crippen molar-refractivity contribution in [2.24, 2.45) is 5.92 Å². The Kier molecular flexibility index (Phi) is 5.00. The molecule has 3 aromatic rings. The Morgan fingerprint density at radius 3 is 2.81 bits per heavy atom. The largest absolute Gasteiger partial charge is 0.355 e. The molecule has 2 atom stereocenters. The Morgan fingerprint density at radius 1 is 1.30 bits per heavy atom. The molecule has 1 amide bonds. The molecule has 0 unspecified atom stereocenters. The van der Waals surface area contributed by atoms with E-state index in [9.17, 15) is 4.79 Å². The third kappa shape index (κ3) is 3.51. The first kappa shape index (κ1) is 18.2. The molecule has 4 rings (SSSR count). The summed E-state index contributed by atoms with van der Waals surface area (Å²) in [6, 6.07) is 9.78. The minimum absolute atomic E-state index is 0.00920. The number of aromatic amines is 1. The molecule has 2 N–H and O–H groups in total. The number of aryl methyl sites for hydroxylation is 1. The van der Waals surface area contributed by atoms with Crippen molar-refractivity contribution in [3.05, 3.63) is 59.0 Å². The van der Waals surface area contributed by atoms with Crippen molar-refractivity contribution >= 4 is 28.4 Å². The fourth-order valence-corrected chi connectivity index (χ4v) is 4.45. The highest BCUT2D eigenvalue weighted by molar-refractivity contribution is 6.35. The number of aromatic nitrogens is 2. The summed E-state index contributed by atoms with van der Waals surface area (Å²) in [5.41, 5.74) is 3.40. The molecular weight excluding hydrogens is 358 g/mol. The summed E-state index contributed by atoms with van der Waals surface area (Å²) >= 11 is 6.38. The maximum atomic E-state index is 13.2. The van der Waals surface area contributed by atoms with Crippen LogP contribution < -0.4 is 5.32 Å². The Hall–Kier alpha value is -2.20. The van der Waals surface area contributed by atoms with E-state index in [1.807, 2.05) is 41.2 Å². The van der Waals surface area contributed by atoms with Gasteiger partial charge in [-0.15, -0.1) is 0 Å². The van der Waals surface area contributed by atoms with Crippen LogP contribution in [0.4, 0.5) is 0 Å². The van der Waals surface area contributed by atoms with Crippen molar-refractivity contribution < 1.29 is 4.79 Å². The predicted molar refractivity (Wildman–Crippen MR) is 110 cm³/mol. The highest BCUT2D eigenvalue weighted by Gasteiger charge is 2.29. The second-order valence-electron chi connectivity index (χ2n) is 7.91. The zero-order valence-corrected chi connectivity index (χ0v) is 16.6. The maximum absolute atomic E-state index is 13.2. The molecule has 1 aliphatic carbocycles. The van der Waals surface area contributed by atoms with Gasteiger partial charge in [-0.05, 0) is 55.4 Å².